The summed E-state index contributed by atoms with van der Waals surface area (Å²) in [5, 5.41) is 3.04. The highest BCUT2D eigenvalue weighted by Crippen LogP contribution is 2.30. The maximum absolute atomic E-state index is 12.5. The molecule has 17 heavy (non-hydrogen) atoms. The van der Waals surface area contributed by atoms with Crippen molar-refractivity contribution in [3.8, 4) is 0 Å². The maximum Gasteiger partial charge on any atom is 0.416 e. The van der Waals surface area contributed by atoms with Gasteiger partial charge in [-0.2, -0.15) is 13.2 Å². The lowest BCUT2D eigenvalue weighted by Crippen LogP contribution is -2.15. The van der Waals surface area contributed by atoms with Crippen molar-refractivity contribution in [2.75, 3.05) is 5.32 Å². The van der Waals surface area contributed by atoms with Crippen molar-refractivity contribution in [3.05, 3.63) is 42.5 Å². The van der Waals surface area contributed by atoms with Crippen molar-refractivity contribution in [2.24, 2.45) is 0 Å². The van der Waals surface area contributed by atoms with Gasteiger partial charge in [0.15, 0.2) is 0 Å². The van der Waals surface area contributed by atoms with Crippen molar-refractivity contribution in [2.45, 2.75) is 32.0 Å². The Bertz CT molecular complexity index is 371. The molecular weight excluding hydrogens is 227 g/mol. The van der Waals surface area contributed by atoms with Gasteiger partial charge in [0.2, 0.25) is 0 Å². The van der Waals surface area contributed by atoms with Crippen molar-refractivity contribution >= 4 is 5.69 Å². The number of allylic oxidation sites excluding steroid dienone is 1. The molecule has 0 radical (unpaired) electrons. The van der Waals surface area contributed by atoms with E-state index in [0.29, 0.717) is 5.69 Å². The van der Waals surface area contributed by atoms with E-state index in [1.54, 1.807) is 12.1 Å². The standard InChI is InChI=1S/C13H16F3N/c1-3-4-6-10(2)17-12-8-5-7-11(9-12)13(14,15)16/h3,5,7-10,17H,1,4,6H2,2H3. The summed E-state index contributed by atoms with van der Waals surface area (Å²) in [7, 11) is 0. The van der Waals surface area contributed by atoms with Gasteiger partial charge < -0.3 is 5.32 Å². The molecule has 0 saturated heterocycles. The molecular formula is C13H16F3N. The van der Waals surface area contributed by atoms with Crippen LogP contribution in [0.1, 0.15) is 25.3 Å². The second-order valence-corrected chi connectivity index (χ2v) is 3.99. The lowest BCUT2D eigenvalue weighted by molar-refractivity contribution is -0.137. The van der Waals surface area contributed by atoms with Crippen LogP contribution in [0.4, 0.5) is 18.9 Å². The minimum atomic E-state index is -4.29. The van der Waals surface area contributed by atoms with E-state index in [-0.39, 0.29) is 6.04 Å². The highest BCUT2D eigenvalue weighted by atomic mass is 19.4. The molecule has 0 aliphatic rings. The van der Waals surface area contributed by atoms with Gasteiger partial charge in [0.1, 0.15) is 0 Å². The Morgan fingerprint density at radius 1 is 1.41 bits per heavy atom. The molecule has 94 valence electrons. The largest absolute Gasteiger partial charge is 0.416 e. The first-order valence-corrected chi connectivity index (χ1v) is 5.48. The molecule has 0 bridgehead atoms. The Morgan fingerprint density at radius 2 is 2.12 bits per heavy atom. The topological polar surface area (TPSA) is 12.0 Å². The number of nitrogens with one attached hydrogen (secondary N) is 1. The SMILES string of the molecule is C=CCCC(C)Nc1cccc(C(F)(F)F)c1. The lowest BCUT2D eigenvalue weighted by atomic mass is 10.1. The second-order valence-electron chi connectivity index (χ2n) is 3.99. The zero-order valence-electron chi connectivity index (χ0n) is 9.72. The van der Waals surface area contributed by atoms with Crippen LogP contribution >= 0.6 is 0 Å². The molecule has 4 heteroatoms. The van der Waals surface area contributed by atoms with Gasteiger partial charge in [-0.1, -0.05) is 12.1 Å². The molecule has 0 saturated carbocycles. The molecule has 0 spiro atoms. The monoisotopic (exact) mass is 243 g/mol. The van der Waals surface area contributed by atoms with Crippen molar-refractivity contribution in [3.63, 3.8) is 0 Å². The van der Waals surface area contributed by atoms with Crippen molar-refractivity contribution < 1.29 is 13.2 Å². The third kappa shape index (κ3) is 4.51. The van der Waals surface area contributed by atoms with Gasteiger partial charge >= 0.3 is 6.18 Å². The summed E-state index contributed by atoms with van der Waals surface area (Å²) in [6, 6.07) is 5.37. The van der Waals surface area contributed by atoms with Gasteiger partial charge in [0.05, 0.1) is 5.56 Å². The first kappa shape index (κ1) is 13.6. The summed E-state index contributed by atoms with van der Waals surface area (Å²) in [5.41, 5.74) is -0.130. The van der Waals surface area contributed by atoms with E-state index < -0.39 is 11.7 Å². The van der Waals surface area contributed by atoms with Gasteiger partial charge in [0.25, 0.3) is 0 Å². The Kier molecular flexibility index (Phi) is 4.61. The molecule has 1 rings (SSSR count). The van der Waals surface area contributed by atoms with Gasteiger partial charge in [-0.25, -0.2) is 0 Å². The third-order valence-corrected chi connectivity index (χ3v) is 2.41. The minimum Gasteiger partial charge on any atom is -0.383 e. The zero-order chi connectivity index (χ0) is 12.9. The van der Waals surface area contributed by atoms with Gasteiger partial charge in [-0.3, -0.25) is 0 Å². The molecule has 0 aliphatic carbocycles. The Labute approximate surface area is 99.3 Å². The molecule has 0 aromatic heterocycles. The van der Waals surface area contributed by atoms with Gasteiger partial charge in [-0.05, 0) is 38.0 Å². The van der Waals surface area contributed by atoms with Gasteiger partial charge in [0, 0.05) is 11.7 Å². The number of hydrogen-bond acceptors (Lipinski definition) is 1. The molecule has 0 heterocycles. The van der Waals surface area contributed by atoms with Crippen LogP contribution in [0.5, 0.6) is 0 Å². The van der Waals surface area contributed by atoms with Crippen LogP contribution in [-0.2, 0) is 6.18 Å². The average molecular weight is 243 g/mol. The van der Waals surface area contributed by atoms with Crippen molar-refractivity contribution in [1.29, 1.82) is 0 Å². The molecule has 0 fully saturated rings. The summed E-state index contributed by atoms with van der Waals surface area (Å²) in [6.45, 7) is 5.54. The van der Waals surface area contributed by atoms with Crippen LogP contribution in [0.15, 0.2) is 36.9 Å². The summed E-state index contributed by atoms with van der Waals surface area (Å²) in [4.78, 5) is 0. The second kappa shape index (κ2) is 5.75. The van der Waals surface area contributed by atoms with Gasteiger partial charge in [-0.15, -0.1) is 6.58 Å². The highest BCUT2D eigenvalue weighted by molar-refractivity contribution is 5.47. The van der Waals surface area contributed by atoms with Crippen LogP contribution in [0, 0.1) is 0 Å². The van der Waals surface area contributed by atoms with E-state index in [9.17, 15) is 13.2 Å². The van der Waals surface area contributed by atoms with Crippen LogP contribution in [0.3, 0.4) is 0 Å². The summed E-state index contributed by atoms with van der Waals surface area (Å²) in [5.74, 6) is 0. The quantitative estimate of drug-likeness (QED) is 0.752. The fourth-order valence-corrected chi connectivity index (χ4v) is 1.51. The van der Waals surface area contributed by atoms with Crippen LogP contribution < -0.4 is 5.32 Å². The molecule has 0 aliphatic heterocycles. The lowest BCUT2D eigenvalue weighted by Gasteiger charge is -2.15. The van der Waals surface area contributed by atoms with E-state index in [0.717, 1.165) is 25.0 Å². The number of anilines is 1. The van der Waals surface area contributed by atoms with E-state index in [1.807, 2.05) is 6.92 Å². The van der Waals surface area contributed by atoms with E-state index in [4.69, 9.17) is 0 Å². The number of rotatable bonds is 5. The molecule has 1 aromatic carbocycles. The average Bonchev–Trinajstić information content (AvgIpc) is 2.25. The summed E-state index contributed by atoms with van der Waals surface area (Å²) in [6.07, 6.45) is -0.806. The van der Waals surface area contributed by atoms with Crippen molar-refractivity contribution in [1.82, 2.24) is 0 Å². The first-order valence-electron chi connectivity index (χ1n) is 5.48. The smallest absolute Gasteiger partial charge is 0.383 e. The van der Waals surface area contributed by atoms with Crippen LogP contribution in [0.2, 0.25) is 0 Å². The maximum atomic E-state index is 12.5. The summed E-state index contributed by atoms with van der Waals surface area (Å²) >= 11 is 0. The fraction of sp³-hybridized carbons (Fsp3) is 0.385. The number of halogens is 3. The van der Waals surface area contributed by atoms with E-state index >= 15 is 0 Å². The molecule has 1 aromatic rings. The normalized spacial score (nSPS) is 13.2. The minimum absolute atomic E-state index is 0.122. The first-order chi connectivity index (χ1) is 7.93. The number of hydrogen-bond donors (Lipinski definition) is 1. The Hall–Kier alpha value is -1.45. The fourth-order valence-electron chi connectivity index (χ4n) is 1.51. The van der Waals surface area contributed by atoms with Crippen LogP contribution in [-0.4, -0.2) is 6.04 Å². The Morgan fingerprint density at radius 3 is 2.71 bits per heavy atom. The predicted molar refractivity (Wildman–Crippen MR) is 64.0 cm³/mol. The molecule has 0 amide bonds. The van der Waals surface area contributed by atoms with Crippen LogP contribution in [0.25, 0.3) is 0 Å². The van der Waals surface area contributed by atoms with E-state index in [2.05, 4.69) is 11.9 Å². The zero-order valence-corrected chi connectivity index (χ0v) is 9.72. The highest BCUT2D eigenvalue weighted by Gasteiger charge is 2.30. The molecule has 1 nitrogen and oxygen atoms in total. The number of benzene rings is 1. The summed E-state index contributed by atoms with van der Waals surface area (Å²) < 4.78 is 37.4. The number of alkyl halides is 3. The van der Waals surface area contributed by atoms with E-state index in [1.165, 1.54) is 6.07 Å². The predicted octanol–water partition coefficient (Wildman–Crippen LogP) is 4.47. The molecule has 1 N–H and O–H groups in total. The molecule has 1 atom stereocenters. The Balaban J connectivity index is 2.69. The third-order valence-electron chi connectivity index (χ3n) is 2.41. The molecule has 1 unspecified atom stereocenters.